The molecular weight excluding hydrogens is 344 g/mol. The maximum Gasteiger partial charge on any atom is 0.156 e. The number of unbranched alkanes of at least 4 members (excludes halogenated alkanes) is 4. The van der Waals surface area contributed by atoms with E-state index in [9.17, 15) is 9.59 Å². The van der Waals surface area contributed by atoms with Crippen molar-refractivity contribution >= 4 is 11.6 Å². The van der Waals surface area contributed by atoms with Gasteiger partial charge in [-0.3, -0.25) is 9.59 Å². The van der Waals surface area contributed by atoms with Crippen LogP contribution in [0.5, 0.6) is 0 Å². The number of carbonyl (C=O) groups excluding carboxylic acids is 2. The van der Waals surface area contributed by atoms with Crippen LogP contribution in [-0.2, 0) is 9.59 Å². The van der Waals surface area contributed by atoms with E-state index in [1.165, 1.54) is 43.3 Å². The number of rotatable bonds is 6. The van der Waals surface area contributed by atoms with Gasteiger partial charge in [-0.1, -0.05) is 52.5 Å². The highest BCUT2D eigenvalue weighted by Gasteiger charge is 2.58. The molecule has 2 fully saturated rings. The van der Waals surface area contributed by atoms with Gasteiger partial charge in [0, 0.05) is 18.3 Å². The van der Waals surface area contributed by atoms with Gasteiger partial charge in [0.2, 0.25) is 0 Å². The Bertz CT molecular complexity index is 714. The summed E-state index contributed by atoms with van der Waals surface area (Å²) in [5.41, 5.74) is 2.87. The van der Waals surface area contributed by atoms with Crippen LogP contribution in [0.2, 0.25) is 0 Å². The van der Waals surface area contributed by atoms with E-state index in [1.54, 1.807) is 0 Å². The Morgan fingerprint density at radius 3 is 2.46 bits per heavy atom. The van der Waals surface area contributed by atoms with E-state index in [4.69, 9.17) is 0 Å². The Morgan fingerprint density at radius 2 is 1.68 bits per heavy atom. The van der Waals surface area contributed by atoms with Crippen molar-refractivity contribution in [3.05, 3.63) is 23.3 Å². The van der Waals surface area contributed by atoms with Crippen molar-refractivity contribution in [3.63, 3.8) is 0 Å². The lowest BCUT2D eigenvalue weighted by molar-refractivity contribution is -0.130. The molecule has 0 radical (unpaired) electrons. The molecule has 0 unspecified atom stereocenters. The summed E-state index contributed by atoms with van der Waals surface area (Å²) >= 11 is 0. The summed E-state index contributed by atoms with van der Waals surface area (Å²) in [4.78, 5) is 25.0. The van der Waals surface area contributed by atoms with E-state index < -0.39 is 0 Å². The topological polar surface area (TPSA) is 34.1 Å². The smallest absolute Gasteiger partial charge is 0.156 e. The van der Waals surface area contributed by atoms with Gasteiger partial charge in [-0.05, 0) is 78.9 Å². The second-order valence-corrected chi connectivity index (χ2v) is 10.5. The van der Waals surface area contributed by atoms with Crippen LogP contribution in [0.4, 0.5) is 0 Å². The van der Waals surface area contributed by atoms with E-state index in [0.717, 1.165) is 38.5 Å². The molecule has 0 aliphatic heterocycles. The van der Waals surface area contributed by atoms with Crippen LogP contribution in [0, 0.1) is 28.6 Å². The first kappa shape index (κ1) is 20.1. The van der Waals surface area contributed by atoms with Crippen LogP contribution < -0.4 is 0 Å². The van der Waals surface area contributed by atoms with Gasteiger partial charge in [-0.15, -0.1) is 0 Å². The van der Waals surface area contributed by atoms with Crippen LogP contribution in [0.3, 0.4) is 0 Å². The molecule has 5 atom stereocenters. The first-order valence-electron chi connectivity index (χ1n) is 11.9. The number of carbonyl (C=O) groups is 2. The molecule has 0 heterocycles. The highest BCUT2D eigenvalue weighted by molar-refractivity contribution is 5.92. The lowest BCUT2D eigenvalue weighted by atomic mass is 9.48. The van der Waals surface area contributed by atoms with Crippen molar-refractivity contribution in [1.29, 1.82) is 0 Å². The third kappa shape index (κ3) is 3.15. The molecule has 0 bridgehead atoms. The summed E-state index contributed by atoms with van der Waals surface area (Å²) in [5, 5.41) is 0. The summed E-state index contributed by atoms with van der Waals surface area (Å²) in [6, 6.07) is 0. The second-order valence-electron chi connectivity index (χ2n) is 10.5. The maximum absolute atomic E-state index is 12.7. The summed E-state index contributed by atoms with van der Waals surface area (Å²) < 4.78 is 0. The third-order valence-corrected chi connectivity index (χ3v) is 8.96. The van der Waals surface area contributed by atoms with E-state index in [2.05, 4.69) is 26.8 Å². The lowest BCUT2D eigenvalue weighted by Crippen LogP contribution is -2.49. The molecule has 0 aromatic rings. The van der Waals surface area contributed by atoms with Gasteiger partial charge in [0.15, 0.2) is 5.78 Å². The number of hydrogen-bond donors (Lipinski definition) is 0. The Balaban J connectivity index is 1.65. The van der Waals surface area contributed by atoms with Gasteiger partial charge in [-0.2, -0.15) is 0 Å². The van der Waals surface area contributed by atoms with Crippen LogP contribution in [0.25, 0.3) is 0 Å². The normalized spacial score (nSPS) is 39.8. The minimum atomic E-state index is -0.0913. The molecule has 4 aliphatic carbocycles. The van der Waals surface area contributed by atoms with Crippen molar-refractivity contribution in [1.82, 2.24) is 0 Å². The molecule has 4 rings (SSSR count). The fourth-order valence-corrected chi connectivity index (χ4v) is 7.16. The standard InChI is InChI=1S/C26H38O2/c1-4-5-6-7-8-9-18-16-20-21-10-11-24(28)26(21,3)15-13-22(20)25(2)14-12-19(27)17-23(18)25/h16-17,20-22H,4-15H2,1-3H3/t20-,21-,22-,25+,26-/m0/s1. The number of fused-ring (bicyclic) bond motifs is 5. The molecule has 2 nitrogen and oxygen atoms in total. The molecule has 2 heteroatoms. The lowest BCUT2D eigenvalue weighted by Gasteiger charge is -2.56. The van der Waals surface area contributed by atoms with Crippen molar-refractivity contribution in [2.24, 2.45) is 28.6 Å². The minimum absolute atomic E-state index is 0.0913. The van der Waals surface area contributed by atoms with Gasteiger partial charge >= 0.3 is 0 Å². The summed E-state index contributed by atoms with van der Waals surface area (Å²) in [5.74, 6) is 2.49. The largest absolute Gasteiger partial charge is 0.299 e. The van der Waals surface area contributed by atoms with E-state index in [0.29, 0.717) is 35.7 Å². The van der Waals surface area contributed by atoms with Crippen molar-refractivity contribution < 1.29 is 9.59 Å². The zero-order valence-corrected chi connectivity index (χ0v) is 18.2. The number of allylic oxidation sites excluding steroid dienone is 4. The number of hydrogen-bond acceptors (Lipinski definition) is 2. The van der Waals surface area contributed by atoms with E-state index in [-0.39, 0.29) is 10.8 Å². The molecule has 0 saturated heterocycles. The number of Topliss-reactive ketones (excluding diaryl/α,β-unsaturated/α-hetero) is 1. The average Bonchev–Trinajstić information content (AvgIpc) is 2.98. The van der Waals surface area contributed by atoms with E-state index in [1.807, 2.05) is 6.08 Å². The molecular formula is C26H38O2. The first-order valence-corrected chi connectivity index (χ1v) is 11.9. The average molecular weight is 383 g/mol. The zero-order chi connectivity index (χ0) is 19.9. The van der Waals surface area contributed by atoms with Crippen molar-refractivity contribution in [3.8, 4) is 0 Å². The predicted octanol–water partition coefficient (Wildman–Crippen LogP) is 6.59. The molecule has 0 N–H and O–H groups in total. The molecule has 0 amide bonds. The molecule has 28 heavy (non-hydrogen) atoms. The predicted molar refractivity (Wildman–Crippen MR) is 114 cm³/mol. The highest BCUT2D eigenvalue weighted by Crippen LogP contribution is 2.64. The first-order chi connectivity index (χ1) is 13.4. The van der Waals surface area contributed by atoms with E-state index >= 15 is 0 Å². The fraction of sp³-hybridized carbons (Fsp3) is 0.769. The summed E-state index contributed by atoms with van der Waals surface area (Å²) in [6.45, 7) is 6.95. The highest BCUT2D eigenvalue weighted by atomic mass is 16.1. The summed E-state index contributed by atoms with van der Waals surface area (Å²) in [6.07, 6.45) is 17.9. The quantitative estimate of drug-likeness (QED) is 0.485. The molecule has 2 saturated carbocycles. The minimum Gasteiger partial charge on any atom is -0.299 e. The molecule has 0 aromatic carbocycles. The third-order valence-electron chi connectivity index (χ3n) is 8.96. The SMILES string of the molecule is CCCCCCCC1=C[C@@H]2[C@H](CC[C@]3(C)C(=O)CC[C@@H]23)[C@@]2(C)CCC(=O)C=C12. The van der Waals surface area contributed by atoms with Gasteiger partial charge in [0.05, 0.1) is 0 Å². The van der Waals surface area contributed by atoms with Gasteiger partial charge in [0.25, 0.3) is 0 Å². The Morgan fingerprint density at radius 1 is 0.929 bits per heavy atom. The van der Waals surface area contributed by atoms with Crippen molar-refractivity contribution in [2.45, 2.75) is 97.8 Å². The van der Waals surface area contributed by atoms with Crippen molar-refractivity contribution in [2.75, 3.05) is 0 Å². The Labute approximate surface area is 171 Å². The van der Waals surface area contributed by atoms with Gasteiger partial charge in [-0.25, -0.2) is 0 Å². The molecule has 4 aliphatic rings. The van der Waals surface area contributed by atoms with Crippen LogP contribution in [0.15, 0.2) is 23.3 Å². The fourth-order valence-electron chi connectivity index (χ4n) is 7.16. The molecule has 154 valence electrons. The summed E-state index contributed by atoms with van der Waals surface area (Å²) in [7, 11) is 0. The van der Waals surface area contributed by atoms with Crippen LogP contribution in [-0.4, -0.2) is 11.6 Å². The Hall–Kier alpha value is -1.18. The molecule has 0 aromatic heterocycles. The molecule has 0 spiro atoms. The second kappa shape index (κ2) is 7.58. The van der Waals surface area contributed by atoms with Crippen LogP contribution >= 0.6 is 0 Å². The zero-order valence-electron chi connectivity index (χ0n) is 18.2. The van der Waals surface area contributed by atoms with Crippen LogP contribution in [0.1, 0.15) is 97.8 Å². The Kier molecular flexibility index (Phi) is 5.44. The monoisotopic (exact) mass is 382 g/mol. The van der Waals surface area contributed by atoms with Gasteiger partial charge in [0.1, 0.15) is 5.78 Å². The maximum atomic E-state index is 12.7. The number of ketones is 2. The van der Waals surface area contributed by atoms with Gasteiger partial charge < -0.3 is 0 Å².